The van der Waals surface area contributed by atoms with E-state index in [1.165, 1.54) is 11.3 Å². The normalized spacial score (nSPS) is 10.9. The zero-order valence-electron chi connectivity index (χ0n) is 15.9. The van der Waals surface area contributed by atoms with Crippen LogP contribution in [0.25, 0.3) is 22.0 Å². The van der Waals surface area contributed by atoms with Crippen LogP contribution in [0.2, 0.25) is 0 Å². The van der Waals surface area contributed by atoms with Crippen molar-refractivity contribution in [2.45, 2.75) is 13.8 Å². The second kappa shape index (κ2) is 7.79. The van der Waals surface area contributed by atoms with Gasteiger partial charge in [0, 0.05) is 30.0 Å². The fraction of sp³-hybridized carbons (Fsp3) is 0.316. The van der Waals surface area contributed by atoms with Gasteiger partial charge in [-0.1, -0.05) is 13.8 Å². The monoisotopic (exact) mass is 386 g/mol. The smallest absolute Gasteiger partial charge is 0.228 e. The lowest BCUT2D eigenvalue weighted by Gasteiger charge is -2.08. The van der Waals surface area contributed by atoms with Crippen molar-refractivity contribution in [1.82, 2.24) is 14.8 Å². The molecular weight excluding hydrogens is 364 g/mol. The molecule has 0 saturated heterocycles. The summed E-state index contributed by atoms with van der Waals surface area (Å²) in [5, 5.41) is 10.1. The average molecular weight is 386 g/mol. The number of hydrogen-bond donors (Lipinski definition) is 1. The van der Waals surface area contributed by atoms with Crippen LogP contribution in [0.5, 0.6) is 11.5 Å². The summed E-state index contributed by atoms with van der Waals surface area (Å²) in [5.74, 6) is 1.83. The SMILES string of the molecule is COc1ccc(-c2csc(-c3cc(NC(=O)C(C)C)n(C)n3)n2)cc1OC. The zero-order valence-corrected chi connectivity index (χ0v) is 16.8. The lowest BCUT2D eigenvalue weighted by molar-refractivity contribution is -0.118. The highest BCUT2D eigenvalue weighted by Crippen LogP contribution is 2.34. The number of carbonyl (C=O) groups excluding carboxylic acids is 1. The molecule has 0 radical (unpaired) electrons. The van der Waals surface area contributed by atoms with Gasteiger partial charge < -0.3 is 14.8 Å². The minimum Gasteiger partial charge on any atom is -0.493 e. The van der Waals surface area contributed by atoms with Gasteiger partial charge in [0.15, 0.2) is 11.5 Å². The third-order valence-electron chi connectivity index (χ3n) is 4.06. The van der Waals surface area contributed by atoms with E-state index in [4.69, 9.17) is 9.47 Å². The van der Waals surface area contributed by atoms with Gasteiger partial charge in [-0.3, -0.25) is 9.48 Å². The maximum absolute atomic E-state index is 11.9. The lowest BCUT2D eigenvalue weighted by atomic mass is 10.1. The molecule has 0 aliphatic rings. The molecule has 0 unspecified atom stereocenters. The molecule has 0 aliphatic heterocycles. The molecule has 1 amide bonds. The Hall–Kier alpha value is -2.87. The standard InChI is InChI=1S/C19H22N4O3S/c1-11(2)18(24)21-17-9-13(22-23(17)3)19-20-14(10-27-19)12-6-7-15(25-4)16(8-12)26-5/h6-11H,1-5H3,(H,21,24). The van der Waals surface area contributed by atoms with Crippen LogP contribution >= 0.6 is 11.3 Å². The van der Waals surface area contributed by atoms with Crippen LogP contribution in [-0.2, 0) is 11.8 Å². The Morgan fingerprint density at radius 1 is 1.15 bits per heavy atom. The minimum absolute atomic E-state index is 0.0466. The first-order valence-electron chi connectivity index (χ1n) is 8.46. The first-order chi connectivity index (χ1) is 12.9. The fourth-order valence-corrected chi connectivity index (χ4v) is 3.26. The maximum Gasteiger partial charge on any atom is 0.228 e. The molecule has 0 saturated carbocycles. The third-order valence-corrected chi connectivity index (χ3v) is 4.92. The van der Waals surface area contributed by atoms with Gasteiger partial charge in [-0.25, -0.2) is 4.98 Å². The van der Waals surface area contributed by atoms with Gasteiger partial charge in [0.2, 0.25) is 5.91 Å². The molecule has 142 valence electrons. The molecule has 0 fully saturated rings. The van der Waals surface area contributed by atoms with Crippen LogP contribution in [0.4, 0.5) is 5.82 Å². The quantitative estimate of drug-likeness (QED) is 0.697. The lowest BCUT2D eigenvalue weighted by Crippen LogP contribution is -2.19. The van der Waals surface area contributed by atoms with E-state index in [2.05, 4.69) is 15.4 Å². The maximum atomic E-state index is 11.9. The second-order valence-electron chi connectivity index (χ2n) is 6.29. The number of ether oxygens (including phenoxy) is 2. The molecule has 27 heavy (non-hydrogen) atoms. The summed E-state index contributed by atoms with van der Waals surface area (Å²) < 4.78 is 12.3. The minimum atomic E-state index is -0.0973. The molecule has 0 bridgehead atoms. The van der Waals surface area contributed by atoms with Crippen molar-refractivity contribution in [2.24, 2.45) is 13.0 Å². The van der Waals surface area contributed by atoms with E-state index in [0.717, 1.165) is 16.3 Å². The summed E-state index contributed by atoms with van der Waals surface area (Å²) >= 11 is 1.50. The number of thiazole rings is 1. The number of methoxy groups -OCH3 is 2. The average Bonchev–Trinajstić information content (AvgIpc) is 3.28. The first kappa shape index (κ1) is 18.9. The number of anilines is 1. The molecule has 0 atom stereocenters. The first-order valence-corrected chi connectivity index (χ1v) is 9.34. The number of hydrogen-bond acceptors (Lipinski definition) is 6. The number of aromatic nitrogens is 3. The van der Waals surface area contributed by atoms with Crippen molar-refractivity contribution in [3.05, 3.63) is 29.6 Å². The van der Waals surface area contributed by atoms with E-state index in [-0.39, 0.29) is 11.8 Å². The van der Waals surface area contributed by atoms with Gasteiger partial charge in [-0.2, -0.15) is 5.10 Å². The summed E-state index contributed by atoms with van der Waals surface area (Å²) in [4.78, 5) is 16.6. The molecule has 3 rings (SSSR count). The van der Waals surface area contributed by atoms with Crippen molar-refractivity contribution in [3.8, 4) is 33.5 Å². The van der Waals surface area contributed by atoms with E-state index >= 15 is 0 Å². The molecule has 0 spiro atoms. The largest absolute Gasteiger partial charge is 0.493 e. The summed E-state index contributed by atoms with van der Waals surface area (Å²) in [6.07, 6.45) is 0. The number of amides is 1. The van der Waals surface area contributed by atoms with E-state index in [0.29, 0.717) is 23.0 Å². The van der Waals surface area contributed by atoms with Crippen molar-refractivity contribution in [3.63, 3.8) is 0 Å². The van der Waals surface area contributed by atoms with Gasteiger partial charge in [-0.15, -0.1) is 11.3 Å². The zero-order chi connectivity index (χ0) is 19.6. The van der Waals surface area contributed by atoms with Crippen LogP contribution in [0, 0.1) is 5.92 Å². The summed E-state index contributed by atoms with van der Waals surface area (Å²) in [7, 11) is 5.01. The molecule has 1 aromatic carbocycles. The fourth-order valence-electron chi connectivity index (χ4n) is 2.48. The van der Waals surface area contributed by atoms with Crippen molar-refractivity contribution >= 4 is 23.1 Å². The van der Waals surface area contributed by atoms with Crippen LogP contribution in [0.15, 0.2) is 29.6 Å². The number of aryl methyl sites for hydroxylation is 1. The van der Waals surface area contributed by atoms with Crippen molar-refractivity contribution in [1.29, 1.82) is 0 Å². The highest BCUT2D eigenvalue weighted by molar-refractivity contribution is 7.13. The Bertz CT molecular complexity index is 962. The van der Waals surface area contributed by atoms with Gasteiger partial charge >= 0.3 is 0 Å². The van der Waals surface area contributed by atoms with Crippen molar-refractivity contribution < 1.29 is 14.3 Å². The van der Waals surface area contributed by atoms with Crippen LogP contribution in [-0.4, -0.2) is 34.9 Å². The molecule has 3 aromatic rings. The third kappa shape index (κ3) is 3.95. The van der Waals surface area contributed by atoms with Gasteiger partial charge in [0.25, 0.3) is 0 Å². The summed E-state index contributed by atoms with van der Waals surface area (Å²) in [6.45, 7) is 3.70. The highest BCUT2D eigenvalue weighted by atomic mass is 32.1. The van der Waals surface area contributed by atoms with Crippen LogP contribution in [0.1, 0.15) is 13.8 Å². The van der Waals surface area contributed by atoms with Gasteiger partial charge in [0.1, 0.15) is 16.5 Å². The molecule has 8 heteroatoms. The summed E-state index contributed by atoms with van der Waals surface area (Å²) in [5.41, 5.74) is 2.47. The number of carbonyl (C=O) groups is 1. The van der Waals surface area contributed by atoms with Gasteiger partial charge in [-0.05, 0) is 18.2 Å². The number of benzene rings is 1. The van der Waals surface area contributed by atoms with Crippen LogP contribution < -0.4 is 14.8 Å². The predicted molar refractivity (Wildman–Crippen MR) is 106 cm³/mol. The molecular formula is C19H22N4O3S. The molecule has 2 heterocycles. The van der Waals surface area contributed by atoms with E-state index in [1.807, 2.05) is 43.5 Å². The number of nitrogens with one attached hydrogen (secondary N) is 1. The summed E-state index contributed by atoms with van der Waals surface area (Å²) in [6, 6.07) is 7.52. The molecule has 0 aliphatic carbocycles. The van der Waals surface area contributed by atoms with Crippen LogP contribution in [0.3, 0.4) is 0 Å². The van der Waals surface area contributed by atoms with E-state index in [1.54, 1.807) is 25.9 Å². The second-order valence-corrected chi connectivity index (χ2v) is 7.15. The van der Waals surface area contributed by atoms with Gasteiger partial charge in [0.05, 0.1) is 19.9 Å². The Morgan fingerprint density at radius 2 is 1.89 bits per heavy atom. The van der Waals surface area contributed by atoms with E-state index < -0.39 is 0 Å². The number of rotatable bonds is 6. The Kier molecular flexibility index (Phi) is 5.46. The molecule has 7 nitrogen and oxygen atoms in total. The Morgan fingerprint density at radius 3 is 2.56 bits per heavy atom. The van der Waals surface area contributed by atoms with Crippen molar-refractivity contribution in [2.75, 3.05) is 19.5 Å². The molecule has 2 aromatic heterocycles. The highest BCUT2D eigenvalue weighted by Gasteiger charge is 2.15. The Balaban J connectivity index is 1.87. The molecule has 1 N–H and O–H groups in total. The Labute approximate surface area is 162 Å². The topological polar surface area (TPSA) is 78.3 Å². The van der Waals surface area contributed by atoms with E-state index in [9.17, 15) is 4.79 Å². The number of nitrogens with zero attached hydrogens (tertiary/aromatic N) is 3. The predicted octanol–water partition coefficient (Wildman–Crippen LogP) is 3.82.